The molecule has 5 fully saturated rings. The Labute approximate surface area is 642 Å². The summed E-state index contributed by atoms with van der Waals surface area (Å²) in [6.45, 7) is 8.65. The molecule has 9 heterocycles. The van der Waals surface area contributed by atoms with Gasteiger partial charge in [0.2, 0.25) is 0 Å². The van der Waals surface area contributed by atoms with E-state index in [0.29, 0.717) is 40.1 Å². The molecule has 0 amide bonds. The third-order valence-electron chi connectivity index (χ3n) is 16.3. The van der Waals surface area contributed by atoms with Gasteiger partial charge in [0, 0.05) is 171 Å². The zero-order chi connectivity index (χ0) is 74.4. The Balaban J connectivity index is 0.000000157. The van der Waals surface area contributed by atoms with E-state index in [1.54, 1.807) is 93.6 Å². The van der Waals surface area contributed by atoms with E-state index in [0.717, 1.165) is 113 Å². The molecule has 105 heavy (non-hydrogen) atoms. The van der Waals surface area contributed by atoms with E-state index >= 15 is 0 Å². The van der Waals surface area contributed by atoms with Crippen LogP contribution < -0.4 is 11.5 Å². The van der Waals surface area contributed by atoms with Crippen molar-refractivity contribution in [2.75, 3.05) is 118 Å². The smallest absolute Gasteiger partial charge is 0.270 e. The Morgan fingerprint density at radius 2 is 0.876 bits per heavy atom. The molecule has 554 valence electrons. The number of β-amino-alcohol motifs (C(OH)–C–C–N with tert-alkyl or cyclic N) is 1. The number of carbonyl (C=O) groups is 2. The van der Waals surface area contributed by atoms with Crippen molar-refractivity contribution < 1.29 is 39.3 Å². The van der Waals surface area contributed by atoms with E-state index in [4.69, 9.17) is 27.3 Å². The van der Waals surface area contributed by atoms with E-state index in [2.05, 4.69) is 51.7 Å². The molecule has 31 nitrogen and oxygen atoms in total. The monoisotopic (exact) mass is 1630 g/mol. The van der Waals surface area contributed by atoms with Crippen LogP contribution in [0.2, 0.25) is 0 Å². The first kappa shape index (κ1) is 81.8. The lowest BCUT2D eigenvalue weighted by molar-refractivity contribution is -0.385. The van der Waals surface area contributed by atoms with E-state index < -0.39 is 20.9 Å². The average Bonchev–Trinajstić information content (AvgIpc) is 1.69. The molecule has 5 saturated heterocycles. The van der Waals surface area contributed by atoms with Crippen LogP contribution in [-0.4, -0.2) is 209 Å². The maximum atomic E-state index is 12.0. The summed E-state index contributed by atoms with van der Waals surface area (Å²) in [5.74, 6) is 5.74. The molecule has 39 heteroatoms. The van der Waals surface area contributed by atoms with Crippen molar-refractivity contribution in [3.05, 3.63) is 230 Å². The number of hydrogen-bond donors (Lipinski definition) is 5. The van der Waals surface area contributed by atoms with E-state index in [-0.39, 0.29) is 92.3 Å². The standard InChI is InChI=1S/C11H13N3O3S.C11H11N3O3S.2C11H11N3O2S.C11H13N3S.C8H6BrNO3.C3H6N2S.ClH/c2*12-11-13(4-5-18-11)7-10(15)8-2-1-3-9(6-8)14(16)17;2*15-14(16)9-3-1-2-8(6-9)10-7-13-4-5-17-11(13)12-10;12-9-3-1-2-8(6-9)10-7-14-4-5-15-11(14)13-10;9-5-8(11)6-2-1-3-7(4-6)10(12)13;4-3-5-1-2-6-3;/h1-3,6,10,12,15H,4-5,7H2;1-3,6,12H,4-5,7H2;2*1-3,6,10H,4-5,7H2;1-3,6,10H,4-5,7,12H2;1-4H,5H2;1-2H2,(H2,4,5);1H. The molecule has 0 aliphatic carbocycles. The molecule has 15 rings (SSSR count). The fourth-order valence-corrected chi connectivity index (χ4v) is 16.7. The number of nitrogens with two attached hydrogens (primary N) is 2. The number of aliphatic hydroxyl groups excluding tert-OH is 1. The van der Waals surface area contributed by atoms with Crippen LogP contribution in [0.25, 0.3) is 0 Å². The number of hydrogen-bond acceptors (Lipinski definition) is 30. The van der Waals surface area contributed by atoms with Crippen molar-refractivity contribution >= 4 is 176 Å². The molecule has 9 aliphatic rings. The summed E-state index contributed by atoms with van der Waals surface area (Å²) in [7, 11) is 0. The first-order valence-electron chi connectivity index (χ1n) is 32.1. The first-order chi connectivity index (χ1) is 50.0. The molecular formula is C66H72BrClN18O13S6. The van der Waals surface area contributed by atoms with Gasteiger partial charge in [0.1, 0.15) is 0 Å². The van der Waals surface area contributed by atoms with E-state index in [9.17, 15) is 65.3 Å². The number of Topliss-reactive ketones (excluding diaryl/α,β-unsaturated/α-hetero) is 2. The molecule has 6 aromatic carbocycles. The van der Waals surface area contributed by atoms with Gasteiger partial charge in [0.15, 0.2) is 42.6 Å². The van der Waals surface area contributed by atoms with Gasteiger partial charge >= 0.3 is 0 Å². The highest BCUT2D eigenvalue weighted by Crippen LogP contribution is 2.36. The second-order valence-corrected chi connectivity index (χ2v) is 30.3. The molecule has 7 N–H and O–H groups in total. The molecule has 9 aliphatic heterocycles. The summed E-state index contributed by atoms with van der Waals surface area (Å²) in [6.07, 6.45) is -0.816. The van der Waals surface area contributed by atoms with Crippen molar-refractivity contribution in [2.24, 2.45) is 25.7 Å². The summed E-state index contributed by atoms with van der Waals surface area (Å²) in [5, 5.41) is 83.5. The number of nitrogens with zero attached hydrogens (tertiary/aromatic N) is 14. The number of nitrogen functional groups attached to an aromatic ring is 1. The highest BCUT2D eigenvalue weighted by Gasteiger charge is 2.34. The first-order valence-corrected chi connectivity index (χ1v) is 39.1. The highest BCUT2D eigenvalue weighted by molar-refractivity contribution is 9.09. The van der Waals surface area contributed by atoms with E-state index in [1.165, 1.54) is 101 Å². The summed E-state index contributed by atoms with van der Waals surface area (Å²) in [4.78, 5) is 102. The number of alkyl halides is 1. The van der Waals surface area contributed by atoms with Crippen LogP contribution in [0.5, 0.6) is 0 Å². The molecule has 4 unspecified atom stereocenters. The fourth-order valence-electron chi connectivity index (χ4n) is 11.0. The minimum absolute atomic E-state index is 0. The number of anilines is 1. The van der Waals surface area contributed by atoms with Gasteiger partial charge in [-0.1, -0.05) is 159 Å². The van der Waals surface area contributed by atoms with Gasteiger partial charge < -0.3 is 41.1 Å². The van der Waals surface area contributed by atoms with Crippen LogP contribution in [0.15, 0.2) is 166 Å². The van der Waals surface area contributed by atoms with Gasteiger partial charge in [0.05, 0.1) is 67.3 Å². The number of thioether (sulfide) groups is 6. The molecule has 0 saturated carbocycles. The van der Waals surface area contributed by atoms with Crippen LogP contribution in [0.3, 0.4) is 0 Å². The molecule has 0 spiro atoms. The number of aliphatic imine (C=N–C) groups is 4. The number of carbonyl (C=O) groups excluding carboxylic acids is 2. The zero-order valence-corrected chi connectivity index (χ0v) is 63.2. The number of fused-ring (bicyclic) bond motifs is 3. The minimum atomic E-state index is -0.816. The Morgan fingerprint density at radius 3 is 1.25 bits per heavy atom. The summed E-state index contributed by atoms with van der Waals surface area (Å²) in [6, 6.07) is 39.3. The minimum Gasteiger partial charge on any atom is -0.399 e. The van der Waals surface area contributed by atoms with Gasteiger partial charge in [-0.3, -0.25) is 90.9 Å². The van der Waals surface area contributed by atoms with Crippen LogP contribution >= 0.6 is 98.9 Å². The Morgan fingerprint density at radius 1 is 0.495 bits per heavy atom. The lowest BCUT2D eigenvalue weighted by atomic mass is 10.1. The quantitative estimate of drug-likeness (QED) is 0.0197. The number of amidine groups is 6. The van der Waals surface area contributed by atoms with Crippen molar-refractivity contribution in [3.8, 4) is 0 Å². The zero-order valence-electron chi connectivity index (χ0n) is 55.9. The van der Waals surface area contributed by atoms with Crippen LogP contribution in [0.1, 0.15) is 67.2 Å². The lowest BCUT2D eigenvalue weighted by Crippen LogP contribution is -2.30. The molecule has 0 radical (unpaired) electrons. The number of halogens is 2. The SMILES string of the molecule is Cl.N=C1SCCN1CC(=O)c1cccc([N+](=O)[O-])c1.N=C1SCCN1CC(O)c1cccc([N+](=O)[O-])c1.NC1=NCCS1.Nc1cccc(C2CN3CCSC3=N2)c1.O=C(CBr)c1cccc([N+](=O)[O-])c1.O=[N+]([O-])c1cccc(C2CN3CCSC3=N2)c1.O=[N+]([O-])c1cccc(C2CN3CCSC3=N2)c1. The third kappa shape index (κ3) is 23.8. The van der Waals surface area contributed by atoms with Crippen molar-refractivity contribution in [1.82, 2.24) is 24.5 Å². The summed E-state index contributed by atoms with van der Waals surface area (Å²) < 4.78 is 0. The maximum Gasteiger partial charge on any atom is 0.270 e. The van der Waals surface area contributed by atoms with Crippen molar-refractivity contribution in [3.63, 3.8) is 0 Å². The van der Waals surface area contributed by atoms with Crippen LogP contribution in [-0.2, 0) is 0 Å². The Hall–Kier alpha value is -8.89. The number of nitro benzene ring substituents is 5. The summed E-state index contributed by atoms with van der Waals surface area (Å²) in [5.41, 5.74) is 16.2. The van der Waals surface area contributed by atoms with Crippen LogP contribution in [0.4, 0.5) is 34.1 Å². The molecule has 0 aromatic heterocycles. The molecule has 0 bridgehead atoms. The number of non-ortho nitro benzene ring substituents is 5. The fraction of sp³-hybridized carbons (Fsp3) is 0.333. The number of ketones is 2. The highest BCUT2D eigenvalue weighted by atomic mass is 79.9. The van der Waals surface area contributed by atoms with Gasteiger partial charge in [-0.25, -0.2) is 0 Å². The van der Waals surface area contributed by atoms with Gasteiger partial charge in [-0.05, 0) is 34.4 Å². The Bertz CT molecular complexity index is 4230. The molecular weight excluding hydrogens is 1560 g/mol. The molecule has 6 aromatic rings. The lowest BCUT2D eigenvalue weighted by Gasteiger charge is -2.20. The summed E-state index contributed by atoms with van der Waals surface area (Å²) >= 11 is 12.8. The third-order valence-corrected chi connectivity index (χ3v) is 22.4. The van der Waals surface area contributed by atoms with Crippen molar-refractivity contribution in [1.29, 1.82) is 10.8 Å². The second kappa shape index (κ2) is 40.0. The van der Waals surface area contributed by atoms with Gasteiger partial charge in [-0.2, -0.15) is 0 Å². The van der Waals surface area contributed by atoms with Crippen LogP contribution in [0, 0.1) is 61.4 Å². The predicted molar refractivity (Wildman–Crippen MR) is 426 cm³/mol. The topological polar surface area (TPSA) is 435 Å². The number of nitrogens with one attached hydrogen (secondary N) is 2. The largest absolute Gasteiger partial charge is 0.399 e. The molecule has 4 atom stereocenters. The van der Waals surface area contributed by atoms with Crippen molar-refractivity contribution in [2.45, 2.75) is 24.2 Å². The predicted octanol–water partition coefficient (Wildman–Crippen LogP) is 11.9. The average molecular weight is 1630 g/mol. The maximum absolute atomic E-state index is 12.0. The number of rotatable bonds is 16. The Kier molecular flexibility index (Phi) is 31.2. The number of benzene rings is 6. The van der Waals surface area contributed by atoms with Gasteiger partial charge in [0.25, 0.3) is 28.4 Å². The second-order valence-electron chi connectivity index (χ2n) is 23.2. The van der Waals surface area contributed by atoms with E-state index in [1.807, 2.05) is 42.1 Å². The van der Waals surface area contributed by atoms with Gasteiger partial charge in [-0.15, -0.1) is 12.4 Å². The number of nitro groups is 5. The normalized spacial score (nSPS) is 18.6. The number of aliphatic hydroxyl groups is 1.